The van der Waals surface area contributed by atoms with E-state index in [-0.39, 0.29) is 35.2 Å². The fourth-order valence-electron chi connectivity index (χ4n) is 1.64. The van der Waals surface area contributed by atoms with Gasteiger partial charge in [-0.1, -0.05) is 5.57 Å². The van der Waals surface area contributed by atoms with Gasteiger partial charge < -0.3 is 15.6 Å². The average Bonchev–Trinajstić information content (AvgIpc) is 2.27. The molecule has 0 aliphatic rings. The van der Waals surface area contributed by atoms with E-state index in [2.05, 4.69) is 6.58 Å². The first-order valence-corrected chi connectivity index (χ1v) is 5.32. The molecule has 0 bridgehead atoms. The van der Waals surface area contributed by atoms with E-state index in [0.29, 0.717) is 6.42 Å². The number of phenolic OH excluding ortho intramolecular Hbond substituents is 1. The van der Waals surface area contributed by atoms with Gasteiger partial charge in [0.2, 0.25) is 0 Å². The molecule has 1 atom stereocenters. The number of benzene rings is 1. The molecule has 1 aromatic rings. The van der Waals surface area contributed by atoms with Gasteiger partial charge in [-0.15, -0.1) is 19.0 Å². The minimum atomic E-state index is -0.559. The largest absolute Gasteiger partial charge is 0.504 e. The Balaban J connectivity index is 0.00000324. The lowest BCUT2D eigenvalue weighted by Gasteiger charge is -2.15. The molecule has 7 heteroatoms. The zero-order valence-electron chi connectivity index (χ0n) is 10.8. The lowest BCUT2D eigenvalue weighted by molar-refractivity contribution is -0.385. The Kier molecular flexibility index (Phi) is 6.31. The van der Waals surface area contributed by atoms with Crippen LogP contribution in [0.5, 0.6) is 11.5 Å². The number of nitro benzene ring substituents is 1. The van der Waals surface area contributed by atoms with Crippen molar-refractivity contribution in [2.45, 2.75) is 19.4 Å². The molecule has 106 valence electrons. The molecule has 19 heavy (non-hydrogen) atoms. The van der Waals surface area contributed by atoms with Crippen molar-refractivity contribution < 1.29 is 14.8 Å². The molecular weight excluding hydrogens is 272 g/mol. The van der Waals surface area contributed by atoms with Crippen LogP contribution in [0, 0.1) is 10.1 Å². The molecule has 0 fully saturated rings. The number of aromatic hydroxyl groups is 1. The molecule has 1 aromatic carbocycles. The highest BCUT2D eigenvalue weighted by atomic mass is 35.5. The van der Waals surface area contributed by atoms with E-state index in [1.54, 1.807) is 6.92 Å². The summed E-state index contributed by atoms with van der Waals surface area (Å²) >= 11 is 0. The number of nitrogens with two attached hydrogens (primary N) is 1. The van der Waals surface area contributed by atoms with Gasteiger partial charge in [0.15, 0.2) is 11.5 Å². The van der Waals surface area contributed by atoms with Crippen LogP contribution >= 0.6 is 12.4 Å². The van der Waals surface area contributed by atoms with E-state index in [1.165, 1.54) is 13.2 Å². The normalized spacial score (nSPS) is 11.3. The average molecular weight is 289 g/mol. The molecule has 6 nitrogen and oxygen atoms in total. The van der Waals surface area contributed by atoms with Crippen molar-refractivity contribution >= 4 is 18.1 Å². The monoisotopic (exact) mass is 288 g/mol. The first-order valence-electron chi connectivity index (χ1n) is 5.32. The van der Waals surface area contributed by atoms with Gasteiger partial charge in [0, 0.05) is 17.7 Å². The molecule has 0 aromatic heterocycles. The van der Waals surface area contributed by atoms with Gasteiger partial charge in [-0.25, -0.2) is 0 Å². The summed E-state index contributed by atoms with van der Waals surface area (Å²) < 4.78 is 4.90. The Morgan fingerprint density at radius 1 is 1.63 bits per heavy atom. The second-order valence-corrected chi connectivity index (χ2v) is 4.11. The van der Waals surface area contributed by atoms with Crippen LogP contribution in [-0.4, -0.2) is 17.1 Å². The Morgan fingerprint density at radius 2 is 2.21 bits per heavy atom. The minimum absolute atomic E-state index is 0. The number of hydrogen-bond acceptors (Lipinski definition) is 5. The zero-order chi connectivity index (χ0) is 13.9. The van der Waals surface area contributed by atoms with Crippen molar-refractivity contribution in [2.24, 2.45) is 5.73 Å². The van der Waals surface area contributed by atoms with Gasteiger partial charge in [-0.2, -0.15) is 0 Å². The van der Waals surface area contributed by atoms with Crippen molar-refractivity contribution in [3.8, 4) is 11.5 Å². The third kappa shape index (κ3) is 4.11. The molecule has 1 rings (SSSR count). The summed E-state index contributed by atoms with van der Waals surface area (Å²) in [5, 5.41) is 20.7. The molecule has 0 aliphatic heterocycles. The lowest BCUT2D eigenvalue weighted by Crippen LogP contribution is -2.11. The van der Waals surface area contributed by atoms with Gasteiger partial charge in [0.1, 0.15) is 0 Å². The number of phenols is 1. The Labute approximate surface area is 117 Å². The second-order valence-electron chi connectivity index (χ2n) is 4.11. The van der Waals surface area contributed by atoms with E-state index >= 15 is 0 Å². The van der Waals surface area contributed by atoms with Crippen LogP contribution in [0.4, 0.5) is 5.69 Å². The van der Waals surface area contributed by atoms with E-state index < -0.39 is 11.0 Å². The lowest BCUT2D eigenvalue weighted by atomic mass is 9.99. The first kappa shape index (κ1) is 17.2. The Hall–Kier alpha value is -1.79. The SMILES string of the molecule is C=C(C)C[C@@H](N)c1cc([N+](=O)[O-])cc(OC)c1O.Cl. The maximum absolute atomic E-state index is 10.8. The van der Waals surface area contributed by atoms with Gasteiger partial charge in [-0.3, -0.25) is 10.1 Å². The van der Waals surface area contributed by atoms with Crippen LogP contribution < -0.4 is 10.5 Å². The summed E-state index contributed by atoms with van der Waals surface area (Å²) in [7, 11) is 1.33. The van der Waals surface area contributed by atoms with Gasteiger partial charge in [0.05, 0.1) is 18.1 Å². The quantitative estimate of drug-likeness (QED) is 0.493. The molecule has 0 spiro atoms. The fourth-order valence-corrected chi connectivity index (χ4v) is 1.64. The first-order chi connectivity index (χ1) is 8.36. The van der Waals surface area contributed by atoms with Gasteiger partial charge in [0.25, 0.3) is 5.69 Å². The molecule has 3 N–H and O–H groups in total. The van der Waals surface area contributed by atoms with E-state index in [4.69, 9.17) is 10.5 Å². The third-order valence-electron chi connectivity index (χ3n) is 2.49. The van der Waals surface area contributed by atoms with Crippen LogP contribution in [-0.2, 0) is 0 Å². The minimum Gasteiger partial charge on any atom is -0.504 e. The molecule has 0 saturated carbocycles. The highest BCUT2D eigenvalue weighted by molar-refractivity contribution is 5.85. The van der Waals surface area contributed by atoms with Crippen LogP contribution in [0.15, 0.2) is 24.3 Å². The van der Waals surface area contributed by atoms with Gasteiger partial charge in [-0.05, 0) is 13.3 Å². The second kappa shape index (κ2) is 6.96. The number of methoxy groups -OCH3 is 1. The van der Waals surface area contributed by atoms with Crippen molar-refractivity contribution in [1.82, 2.24) is 0 Å². The maximum atomic E-state index is 10.8. The van der Waals surface area contributed by atoms with Crippen LogP contribution in [0.25, 0.3) is 0 Å². The predicted molar refractivity (Wildman–Crippen MR) is 74.9 cm³/mol. The van der Waals surface area contributed by atoms with Crippen molar-refractivity contribution in [1.29, 1.82) is 0 Å². The number of rotatable bonds is 5. The molecule has 0 heterocycles. The summed E-state index contributed by atoms with van der Waals surface area (Å²) in [5.41, 5.74) is 6.83. The maximum Gasteiger partial charge on any atom is 0.273 e. The van der Waals surface area contributed by atoms with Crippen LogP contribution in [0.3, 0.4) is 0 Å². The van der Waals surface area contributed by atoms with Crippen LogP contribution in [0.2, 0.25) is 0 Å². The fraction of sp³-hybridized carbons (Fsp3) is 0.333. The van der Waals surface area contributed by atoms with Crippen molar-refractivity contribution in [3.05, 3.63) is 40.0 Å². The molecule has 0 radical (unpaired) electrons. The van der Waals surface area contributed by atoms with Crippen molar-refractivity contribution in [3.63, 3.8) is 0 Å². The number of nitrogens with zero attached hydrogens (tertiary/aromatic N) is 1. The Morgan fingerprint density at radius 3 is 2.63 bits per heavy atom. The zero-order valence-corrected chi connectivity index (χ0v) is 11.6. The summed E-state index contributed by atoms with van der Waals surface area (Å²) in [6, 6.07) is 1.86. The van der Waals surface area contributed by atoms with Gasteiger partial charge >= 0.3 is 0 Å². The molecule has 0 aliphatic carbocycles. The summed E-state index contributed by atoms with van der Waals surface area (Å²) in [6.07, 6.45) is 0.428. The van der Waals surface area contributed by atoms with E-state index in [9.17, 15) is 15.2 Å². The summed E-state index contributed by atoms with van der Waals surface area (Å²) in [6.45, 7) is 5.52. The smallest absolute Gasteiger partial charge is 0.273 e. The van der Waals surface area contributed by atoms with E-state index in [1.807, 2.05) is 0 Å². The highest BCUT2D eigenvalue weighted by Gasteiger charge is 2.20. The molecular formula is C12H17ClN2O4. The van der Waals surface area contributed by atoms with Crippen molar-refractivity contribution in [2.75, 3.05) is 7.11 Å². The number of halogens is 1. The standard InChI is InChI=1S/C12H16N2O4.ClH/c1-7(2)4-10(13)9-5-8(14(16)17)6-11(18-3)12(9)15;/h5-6,10,15H,1,4,13H2,2-3H3;1H/t10-;/m1./s1. The van der Waals surface area contributed by atoms with E-state index in [0.717, 1.165) is 11.6 Å². The molecule has 0 unspecified atom stereocenters. The number of hydrogen-bond donors (Lipinski definition) is 2. The highest BCUT2D eigenvalue weighted by Crippen LogP contribution is 2.38. The summed E-state index contributed by atoms with van der Waals surface area (Å²) in [5.74, 6) is -0.131. The molecule has 0 saturated heterocycles. The van der Waals surface area contributed by atoms with Crippen LogP contribution in [0.1, 0.15) is 24.9 Å². The Bertz CT molecular complexity index is 491. The molecule has 0 amide bonds. The number of nitro groups is 1. The number of ether oxygens (including phenoxy) is 1. The number of non-ortho nitro benzene ring substituents is 1. The predicted octanol–water partition coefficient (Wildman–Crippen LogP) is 2.70. The topological polar surface area (TPSA) is 98.6 Å². The third-order valence-corrected chi connectivity index (χ3v) is 2.49. The summed E-state index contributed by atoms with van der Waals surface area (Å²) in [4.78, 5) is 10.2.